The van der Waals surface area contributed by atoms with Crippen molar-refractivity contribution >= 4 is 28.6 Å². The van der Waals surface area contributed by atoms with Crippen LogP contribution in [-0.2, 0) is 9.53 Å². The molecule has 1 N–H and O–H groups in total. The molecule has 0 aliphatic carbocycles. The number of hydrogen-bond donors (Lipinski definition) is 1. The molecule has 0 saturated carbocycles. The van der Waals surface area contributed by atoms with Crippen LogP contribution in [0, 0.1) is 0 Å². The summed E-state index contributed by atoms with van der Waals surface area (Å²) in [4.78, 5) is 10.9. The Morgan fingerprint density at radius 1 is 1.41 bits per heavy atom. The number of aliphatic hydroxyl groups is 1. The molecule has 0 saturated heterocycles. The summed E-state index contributed by atoms with van der Waals surface area (Å²) >= 11 is 1.79. The van der Waals surface area contributed by atoms with E-state index in [9.17, 15) is 13.6 Å². The molecule has 3 nitrogen and oxygen atoms in total. The van der Waals surface area contributed by atoms with Gasteiger partial charge in [0.15, 0.2) is 0 Å². The van der Waals surface area contributed by atoms with Crippen LogP contribution in [0.15, 0.2) is 9.66 Å². The first-order chi connectivity index (χ1) is 7.94. The highest BCUT2D eigenvalue weighted by Gasteiger charge is 2.38. The van der Waals surface area contributed by atoms with Crippen molar-refractivity contribution in [2.45, 2.75) is 38.5 Å². The van der Waals surface area contributed by atoms with E-state index in [0.29, 0.717) is 28.9 Å². The second kappa shape index (κ2) is 8.79. The molecule has 0 amide bonds. The van der Waals surface area contributed by atoms with E-state index in [1.54, 1.807) is 22.6 Å². The van der Waals surface area contributed by atoms with Crippen molar-refractivity contribution in [1.29, 1.82) is 0 Å². The number of aliphatic hydroxyl groups excluding tert-OH is 1. The number of alkyl halides is 2. The lowest BCUT2D eigenvalue weighted by molar-refractivity contribution is -0.164. The van der Waals surface area contributed by atoms with Crippen molar-refractivity contribution in [3.8, 4) is 0 Å². The van der Waals surface area contributed by atoms with E-state index in [-0.39, 0.29) is 13.2 Å². The monoisotopic (exact) mass is 362 g/mol. The van der Waals surface area contributed by atoms with Gasteiger partial charge < -0.3 is 9.84 Å². The molecule has 0 aliphatic heterocycles. The fourth-order valence-corrected chi connectivity index (χ4v) is 1.91. The zero-order chi connectivity index (χ0) is 13.3. The summed E-state index contributed by atoms with van der Waals surface area (Å²) in [5.74, 6) is -5.06. The van der Waals surface area contributed by atoms with Crippen LogP contribution < -0.4 is 0 Å². The fourth-order valence-electron chi connectivity index (χ4n) is 1.14. The summed E-state index contributed by atoms with van der Waals surface area (Å²) in [7, 11) is 0. The normalized spacial score (nSPS) is 12.6. The Morgan fingerprint density at radius 3 is 2.59 bits per heavy atom. The highest BCUT2D eigenvalue weighted by molar-refractivity contribution is 14.1. The quantitative estimate of drug-likeness (QED) is 0.410. The van der Waals surface area contributed by atoms with Gasteiger partial charge in [-0.1, -0.05) is 6.42 Å². The first-order valence-electron chi connectivity index (χ1n) is 5.47. The molecule has 0 aromatic rings. The SMILES string of the molecule is CCOC(=O)C(F)(F)C=C(I)CCCCCO. The summed E-state index contributed by atoms with van der Waals surface area (Å²) in [6.07, 6.45) is 3.29. The van der Waals surface area contributed by atoms with Crippen LogP contribution in [0.25, 0.3) is 0 Å². The number of hydrogen-bond acceptors (Lipinski definition) is 3. The number of rotatable bonds is 8. The maximum atomic E-state index is 13.2. The number of unbranched alkanes of at least 4 members (excludes halogenated alkanes) is 2. The van der Waals surface area contributed by atoms with E-state index in [2.05, 4.69) is 4.74 Å². The number of halogens is 3. The molecule has 0 aromatic heterocycles. The minimum atomic E-state index is -3.55. The zero-order valence-corrected chi connectivity index (χ0v) is 11.9. The van der Waals surface area contributed by atoms with Gasteiger partial charge in [0, 0.05) is 12.7 Å². The van der Waals surface area contributed by atoms with Crippen molar-refractivity contribution in [2.24, 2.45) is 0 Å². The van der Waals surface area contributed by atoms with Crippen molar-refractivity contribution in [1.82, 2.24) is 0 Å². The van der Waals surface area contributed by atoms with Gasteiger partial charge in [-0.05, 0) is 52.4 Å². The molecule has 6 heteroatoms. The summed E-state index contributed by atoms with van der Waals surface area (Å²) in [5, 5.41) is 8.55. The van der Waals surface area contributed by atoms with E-state index in [1.165, 1.54) is 6.92 Å². The molecule has 0 fully saturated rings. The zero-order valence-electron chi connectivity index (χ0n) is 9.72. The summed E-state index contributed by atoms with van der Waals surface area (Å²) < 4.78 is 31.2. The first-order valence-corrected chi connectivity index (χ1v) is 6.55. The van der Waals surface area contributed by atoms with Crippen molar-refractivity contribution in [3.63, 3.8) is 0 Å². The Hall–Kier alpha value is -0.240. The largest absolute Gasteiger partial charge is 0.461 e. The average Bonchev–Trinajstić information content (AvgIpc) is 2.24. The number of allylic oxidation sites excluding steroid dienone is 1. The molecule has 0 radical (unpaired) electrons. The Balaban J connectivity index is 4.19. The minimum absolute atomic E-state index is 0.0602. The Kier molecular flexibility index (Phi) is 8.67. The van der Waals surface area contributed by atoms with E-state index in [4.69, 9.17) is 5.11 Å². The molecule has 0 unspecified atom stereocenters. The van der Waals surface area contributed by atoms with E-state index < -0.39 is 11.9 Å². The van der Waals surface area contributed by atoms with Gasteiger partial charge in [0.25, 0.3) is 0 Å². The van der Waals surface area contributed by atoms with Gasteiger partial charge in [-0.15, -0.1) is 0 Å². The molecule has 0 aliphatic rings. The smallest absolute Gasteiger partial charge is 0.381 e. The highest BCUT2D eigenvalue weighted by atomic mass is 127. The van der Waals surface area contributed by atoms with Crippen molar-refractivity contribution in [2.75, 3.05) is 13.2 Å². The molecular formula is C11H17F2IO3. The number of carbonyl (C=O) groups is 1. The number of carbonyl (C=O) groups excluding carboxylic acids is 1. The van der Waals surface area contributed by atoms with Gasteiger partial charge in [-0.2, -0.15) is 8.78 Å². The van der Waals surface area contributed by atoms with E-state index >= 15 is 0 Å². The lowest BCUT2D eigenvalue weighted by atomic mass is 10.2. The summed E-state index contributed by atoms with van der Waals surface area (Å²) in [6, 6.07) is 0. The summed E-state index contributed by atoms with van der Waals surface area (Å²) in [6.45, 7) is 1.53. The minimum Gasteiger partial charge on any atom is -0.461 e. The molecule has 0 rings (SSSR count). The van der Waals surface area contributed by atoms with Gasteiger partial charge in [-0.25, -0.2) is 4.79 Å². The first kappa shape index (κ1) is 16.8. The average molecular weight is 362 g/mol. The van der Waals surface area contributed by atoms with Crippen LogP contribution in [0.2, 0.25) is 0 Å². The predicted molar refractivity (Wildman–Crippen MR) is 69.2 cm³/mol. The van der Waals surface area contributed by atoms with Crippen LogP contribution >= 0.6 is 22.6 Å². The second-order valence-electron chi connectivity index (χ2n) is 3.47. The van der Waals surface area contributed by atoms with Crippen LogP contribution in [0.4, 0.5) is 8.78 Å². The fraction of sp³-hybridized carbons (Fsp3) is 0.727. The maximum Gasteiger partial charge on any atom is 0.381 e. The van der Waals surface area contributed by atoms with Crippen molar-refractivity contribution < 1.29 is 23.4 Å². The van der Waals surface area contributed by atoms with Gasteiger partial charge in [-0.3, -0.25) is 0 Å². The third-order valence-electron chi connectivity index (χ3n) is 1.96. The molecule has 0 spiro atoms. The lowest BCUT2D eigenvalue weighted by Gasteiger charge is -2.11. The Labute approximate surface area is 113 Å². The van der Waals surface area contributed by atoms with Crippen molar-refractivity contribution in [3.05, 3.63) is 9.66 Å². The van der Waals surface area contributed by atoms with Crippen LogP contribution in [0.3, 0.4) is 0 Å². The van der Waals surface area contributed by atoms with E-state index in [0.717, 1.165) is 6.42 Å². The molecule has 0 aromatic carbocycles. The topological polar surface area (TPSA) is 46.5 Å². The Bertz CT molecular complexity index is 267. The lowest BCUT2D eigenvalue weighted by Crippen LogP contribution is -2.28. The number of esters is 1. The molecule has 100 valence electrons. The predicted octanol–water partition coefficient (Wildman–Crippen LogP) is 3.06. The van der Waals surface area contributed by atoms with E-state index in [1.807, 2.05) is 0 Å². The van der Waals surface area contributed by atoms with Gasteiger partial charge in [0.05, 0.1) is 6.61 Å². The maximum absolute atomic E-state index is 13.2. The molecule has 0 atom stereocenters. The van der Waals surface area contributed by atoms with Crippen LogP contribution in [-0.4, -0.2) is 30.2 Å². The van der Waals surface area contributed by atoms with Gasteiger partial charge >= 0.3 is 11.9 Å². The van der Waals surface area contributed by atoms with Gasteiger partial charge in [0.1, 0.15) is 0 Å². The third kappa shape index (κ3) is 7.64. The standard InChI is InChI=1S/C11H17F2IO3/c1-2-17-10(16)11(12,13)8-9(14)6-4-3-5-7-15/h8,15H,2-7H2,1H3. The molecular weight excluding hydrogens is 345 g/mol. The highest BCUT2D eigenvalue weighted by Crippen LogP contribution is 2.25. The molecule has 0 heterocycles. The third-order valence-corrected chi connectivity index (χ3v) is 2.81. The van der Waals surface area contributed by atoms with Gasteiger partial charge in [0.2, 0.25) is 0 Å². The molecule has 17 heavy (non-hydrogen) atoms. The second-order valence-corrected chi connectivity index (χ2v) is 4.85. The number of ether oxygens (including phenoxy) is 1. The molecule has 0 bridgehead atoms. The Morgan fingerprint density at radius 2 is 2.06 bits per heavy atom. The van der Waals surface area contributed by atoms with Crippen LogP contribution in [0.5, 0.6) is 0 Å². The summed E-state index contributed by atoms with van der Waals surface area (Å²) in [5.41, 5.74) is 0. The van der Waals surface area contributed by atoms with Crippen LogP contribution in [0.1, 0.15) is 32.6 Å².